The lowest BCUT2D eigenvalue weighted by Crippen LogP contribution is -2.07. The van der Waals surface area contributed by atoms with Gasteiger partial charge in [0.25, 0.3) is 0 Å². The van der Waals surface area contributed by atoms with Crippen molar-refractivity contribution in [2.45, 2.75) is 19.4 Å². The number of halogens is 1. The molecule has 3 nitrogen and oxygen atoms in total. The first-order valence-electron chi connectivity index (χ1n) is 4.45. The van der Waals surface area contributed by atoms with Crippen LogP contribution < -0.4 is 10.5 Å². The number of ether oxygens (including phenoxy) is 1. The van der Waals surface area contributed by atoms with Crippen LogP contribution >= 0.6 is 0 Å². The van der Waals surface area contributed by atoms with Gasteiger partial charge in [0, 0.05) is 12.5 Å². The van der Waals surface area contributed by atoms with Crippen molar-refractivity contribution in [1.82, 2.24) is 0 Å². The topological polar surface area (TPSA) is 55.5 Å². The van der Waals surface area contributed by atoms with Gasteiger partial charge >= 0.3 is 0 Å². The fraction of sp³-hybridized carbons (Fsp3) is 0.400. The average molecular weight is 199 g/mol. The third-order valence-corrected chi connectivity index (χ3v) is 1.78. The number of hydrogen-bond donors (Lipinski definition) is 2. The Balaban J connectivity index is 2.47. The van der Waals surface area contributed by atoms with Crippen LogP contribution in [0.25, 0.3) is 0 Å². The first kappa shape index (κ1) is 10.8. The Bertz CT molecular complexity index is 302. The maximum atomic E-state index is 12.9. The summed E-state index contributed by atoms with van der Waals surface area (Å²) in [4.78, 5) is 0. The molecule has 0 spiro atoms. The second-order valence-electron chi connectivity index (χ2n) is 3.17. The lowest BCUT2D eigenvalue weighted by atomic mass is 10.3. The molecule has 0 aliphatic heterocycles. The van der Waals surface area contributed by atoms with E-state index in [2.05, 4.69) is 0 Å². The predicted molar refractivity (Wildman–Crippen MR) is 52.6 cm³/mol. The third-order valence-electron chi connectivity index (χ3n) is 1.78. The normalized spacial score (nSPS) is 12.5. The molecule has 1 unspecified atom stereocenters. The highest BCUT2D eigenvalue weighted by molar-refractivity contribution is 5.43. The number of hydrogen-bond acceptors (Lipinski definition) is 3. The summed E-state index contributed by atoms with van der Waals surface area (Å²) in [6.45, 7) is 2.04. The van der Waals surface area contributed by atoms with E-state index in [-0.39, 0.29) is 5.69 Å². The van der Waals surface area contributed by atoms with E-state index in [1.165, 1.54) is 12.1 Å². The van der Waals surface area contributed by atoms with Crippen molar-refractivity contribution in [3.8, 4) is 5.75 Å². The van der Waals surface area contributed by atoms with Crippen LogP contribution in [0.2, 0.25) is 0 Å². The van der Waals surface area contributed by atoms with Gasteiger partial charge in [0.1, 0.15) is 11.6 Å². The van der Waals surface area contributed by atoms with Crippen LogP contribution in [0.3, 0.4) is 0 Å². The van der Waals surface area contributed by atoms with Crippen molar-refractivity contribution < 1.29 is 14.2 Å². The first-order valence-corrected chi connectivity index (χ1v) is 4.45. The standard InChI is InChI=1S/C10H14FNO2/c1-7(13)4-5-14-8-2-3-10(12)9(11)6-8/h2-3,6-7,13H,4-5,12H2,1H3. The minimum atomic E-state index is -0.487. The van der Waals surface area contributed by atoms with Gasteiger partial charge in [-0.3, -0.25) is 0 Å². The number of rotatable bonds is 4. The summed E-state index contributed by atoms with van der Waals surface area (Å²) in [5.41, 5.74) is 5.40. The van der Waals surface area contributed by atoms with E-state index in [1.807, 2.05) is 0 Å². The highest BCUT2D eigenvalue weighted by Gasteiger charge is 2.01. The van der Waals surface area contributed by atoms with Crippen molar-refractivity contribution >= 4 is 5.69 Å². The highest BCUT2D eigenvalue weighted by atomic mass is 19.1. The quantitative estimate of drug-likeness (QED) is 0.723. The van der Waals surface area contributed by atoms with Gasteiger partial charge in [-0.15, -0.1) is 0 Å². The molecule has 0 aliphatic carbocycles. The summed E-state index contributed by atoms with van der Waals surface area (Å²) >= 11 is 0. The van der Waals surface area contributed by atoms with Crippen LogP contribution in [-0.2, 0) is 0 Å². The summed E-state index contributed by atoms with van der Waals surface area (Å²) in [6.07, 6.45) is 0.111. The van der Waals surface area contributed by atoms with Crippen molar-refractivity contribution in [3.05, 3.63) is 24.0 Å². The molecule has 78 valence electrons. The molecule has 0 amide bonds. The molecule has 1 rings (SSSR count). The van der Waals surface area contributed by atoms with Crippen LogP contribution in [0, 0.1) is 5.82 Å². The molecule has 1 aromatic carbocycles. The van der Waals surface area contributed by atoms with Crippen LogP contribution in [0.1, 0.15) is 13.3 Å². The molecule has 1 aromatic rings. The summed E-state index contributed by atoms with van der Waals surface area (Å²) in [7, 11) is 0. The van der Waals surface area contributed by atoms with E-state index < -0.39 is 11.9 Å². The van der Waals surface area contributed by atoms with Crippen LogP contribution in [0.5, 0.6) is 5.75 Å². The van der Waals surface area contributed by atoms with Crippen molar-refractivity contribution in [2.24, 2.45) is 0 Å². The second-order valence-corrected chi connectivity index (χ2v) is 3.17. The summed E-state index contributed by atoms with van der Waals surface area (Å²) in [5.74, 6) is -0.0584. The van der Waals surface area contributed by atoms with Gasteiger partial charge in [-0.1, -0.05) is 0 Å². The molecule has 4 heteroatoms. The number of aliphatic hydroxyl groups is 1. The van der Waals surface area contributed by atoms with E-state index in [0.29, 0.717) is 18.8 Å². The Morgan fingerprint density at radius 3 is 2.86 bits per heavy atom. The lowest BCUT2D eigenvalue weighted by molar-refractivity contribution is 0.155. The van der Waals surface area contributed by atoms with E-state index >= 15 is 0 Å². The Morgan fingerprint density at radius 1 is 1.57 bits per heavy atom. The zero-order chi connectivity index (χ0) is 10.6. The summed E-state index contributed by atoms with van der Waals surface area (Å²) in [5, 5.41) is 8.96. The minimum Gasteiger partial charge on any atom is -0.493 e. The number of nitrogens with two attached hydrogens (primary N) is 1. The van der Waals surface area contributed by atoms with Crippen LogP contribution in [-0.4, -0.2) is 17.8 Å². The molecular weight excluding hydrogens is 185 g/mol. The maximum absolute atomic E-state index is 12.9. The molecule has 0 aromatic heterocycles. The van der Waals surface area contributed by atoms with E-state index in [0.717, 1.165) is 0 Å². The van der Waals surface area contributed by atoms with Gasteiger partial charge in [-0.2, -0.15) is 0 Å². The number of benzene rings is 1. The van der Waals surface area contributed by atoms with Crippen molar-refractivity contribution in [3.63, 3.8) is 0 Å². The molecule has 0 aliphatic rings. The Morgan fingerprint density at radius 2 is 2.29 bits per heavy atom. The third kappa shape index (κ3) is 3.22. The first-order chi connectivity index (χ1) is 6.59. The molecule has 0 saturated heterocycles. The minimum absolute atomic E-state index is 0.105. The van der Waals surface area contributed by atoms with E-state index in [1.54, 1.807) is 13.0 Å². The fourth-order valence-corrected chi connectivity index (χ4v) is 0.945. The van der Waals surface area contributed by atoms with Gasteiger partial charge in [-0.25, -0.2) is 4.39 Å². The van der Waals surface area contributed by atoms with Crippen molar-refractivity contribution in [2.75, 3.05) is 12.3 Å². The zero-order valence-electron chi connectivity index (χ0n) is 8.03. The van der Waals surface area contributed by atoms with Crippen LogP contribution in [0.4, 0.5) is 10.1 Å². The maximum Gasteiger partial charge on any atom is 0.149 e. The molecular formula is C10H14FNO2. The molecule has 0 radical (unpaired) electrons. The molecule has 0 fully saturated rings. The molecule has 0 bridgehead atoms. The van der Waals surface area contributed by atoms with Gasteiger partial charge in [0.05, 0.1) is 18.4 Å². The smallest absolute Gasteiger partial charge is 0.149 e. The van der Waals surface area contributed by atoms with Crippen molar-refractivity contribution in [1.29, 1.82) is 0 Å². The SMILES string of the molecule is CC(O)CCOc1ccc(N)c(F)c1. The molecule has 0 heterocycles. The highest BCUT2D eigenvalue weighted by Crippen LogP contribution is 2.17. The van der Waals surface area contributed by atoms with Gasteiger partial charge in [-0.05, 0) is 19.1 Å². The summed E-state index contributed by atoms with van der Waals surface area (Å²) < 4.78 is 18.1. The van der Waals surface area contributed by atoms with E-state index in [4.69, 9.17) is 15.6 Å². The van der Waals surface area contributed by atoms with Gasteiger partial charge in [0.15, 0.2) is 0 Å². The largest absolute Gasteiger partial charge is 0.493 e. The number of anilines is 1. The Labute approximate surface area is 82.3 Å². The average Bonchev–Trinajstić information content (AvgIpc) is 2.10. The van der Waals surface area contributed by atoms with Crippen LogP contribution in [0.15, 0.2) is 18.2 Å². The second kappa shape index (κ2) is 4.81. The molecule has 1 atom stereocenters. The predicted octanol–water partition coefficient (Wildman–Crippen LogP) is 1.56. The Hall–Kier alpha value is -1.29. The molecule has 0 saturated carbocycles. The monoisotopic (exact) mass is 199 g/mol. The van der Waals surface area contributed by atoms with E-state index in [9.17, 15) is 4.39 Å². The molecule has 3 N–H and O–H groups in total. The number of nitrogen functional groups attached to an aromatic ring is 1. The summed E-state index contributed by atoms with van der Waals surface area (Å²) in [6, 6.07) is 4.28. The molecule has 14 heavy (non-hydrogen) atoms. The lowest BCUT2D eigenvalue weighted by Gasteiger charge is -2.08. The van der Waals surface area contributed by atoms with Gasteiger partial charge in [0.2, 0.25) is 0 Å². The Kier molecular flexibility index (Phi) is 3.71. The fourth-order valence-electron chi connectivity index (χ4n) is 0.945. The zero-order valence-corrected chi connectivity index (χ0v) is 8.03. The van der Waals surface area contributed by atoms with Gasteiger partial charge < -0.3 is 15.6 Å². The number of aliphatic hydroxyl groups excluding tert-OH is 1.